The first-order valence-corrected chi connectivity index (χ1v) is 14.6. The fourth-order valence-corrected chi connectivity index (χ4v) is 3.64. The third-order valence-corrected chi connectivity index (χ3v) is 5.19. The molecule has 0 aliphatic rings. The Morgan fingerprint density at radius 2 is 0.735 bits per heavy atom. The van der Waals surface area contributed by atoms with E-state index in [2.05, 4.69) is 63.0 Å². The van der Waals surface area contributed by atoms with Crippen LogP contribution in [0.15, 0.2) is 0 Å². The molecular formula is C29H62N2O3. The van der Waals surface area contributed by atoms with Crippen molar-refractivity contribution in [2.24, 2.45) is 0 Å². The van der Waals surface area contributed by atoms with Crippen molar-refractivity contribution in [2.45, 2.75) is 139 Å². The first-order valence-electron chi connectivity index (χ1n) is 14.6. The number of hydrogen-bond donors (Lipinski definition) is 0. The fourth-order valence-electron chi connectivity index (χ4n) is 3.64. The molecule has 0 saturated carbocycles. The summed E-state index contributed by atoms with van der Waals surface area (Å²) >= 11 is 0. The van der Waals surface area contributed by atoms with E-state index in [9.17, 15) is 9.59 Å². The average molecular weight is 487 g/mol. The van der Waals surface area contributed by atoms with Crippen LogP contribution >= 0.6 is 0 Å². The van der Waals surface area contributed by atoms with Crippen LogP contribution in [0.4, 0.5) is 0 Å². The van der Waals surface area contributed by atoms with Gasteiger partial charge in [0.1, 0.15) is 0 Å². The van der Waals surface area contributed by atoms with Gasteiger partial charge < -0.3 is 14.5 Å². The number of ether oxygens (including phenoxy) is 1. The fraction of sp³-hybridized carbons (Fsp3) is 0.931. The van der Waals surface area contributed by atoms with E-state index in [4.69, 9.17) is 0 Å². The molecule has 0 unspecified atom stereocenters. The summed E-state index contributed by atoms with van der Waals surface area (Å²) in [6, 6.07) is 0. The lowest BCUT2D eigenvalue weighted by atomic mass is 10.2. The summed E-state index contributed by atoms with van der Waals surface area (Å²) in [6.07, 6.45) is 13.1. The van der Waals surface area contributed by atoms with E-state index in [1.165, 1.54) is 77.8 Å². The molecule has 0 aliphatic carbocycles. The van der Waals surface area contributed by atoms with Gasteiger partial charge in [-0.1, -0.05) is 74.7 Å². The minimum Gasteiger partial charge on any atom is -0.393 e. The largest absolute Gasteiger partial charge is 0.393 e. The van der Waals surface area contributed by atoms with E-state index in [0.29, 0.717) is 12.8 Å². The van der Waals surface area contributed by atoms with Crippen molar-refractivity contribution in [3.8, 4) is 0 Å². The lowest BCUT2D eigenvalue weighted by molar-refractivity contribution is -0.159. The van der Waals surface area contributed by atoms with Gasteiger partial charge in [-0.25, -0.2) is 0 Å². The Labute approximate surface area is 214 Å². The predicted octanol–water partition coefficient (Wildman–Crippen LogP) is 7.86. The third kappa shape index (κ3) is 31.1. The van der Waals surface area contributed by atoms with Crippen molar-refractivity contribution < 1.29 is 14.3 Å². The first-order chi connectivity index (χ1) is 16.4. The molecule has 5 nitrogen and oxygen atoms in total. The third-order valence-electron chi connectivity index (χ3n) is 5.19. The van der Waals surface area contributed by atoms with Crippen LogP contribution in [0.25, 0.3) is 0 Å². The second kappa shape index (κ2) is 32.1. The van der Waals surface area contributed by atoms with Crippen LogP contribution in [0.2, 0.25) is 0 Å². The Bertz CT molecular complexity index is 370. The smallest absolute Gasteiger partial charge is 0.313 e. The highest BCUT2D eigenvalue weighted by atomic mass is 16.6. The normalized spacial score (nSPS) is 10.4. The van der Waals surface area contributed by atoms with Gasteiger partial charge >= 0.3 is 11.9 Å². The summed E-state index contributed by atoms with van der Waals surface area (Å²) in [5.74, 6) is -0.757. The number of unbranched alkanes of at least 4 members (excludes halogenated alkanes) is 3. The maximum absolute atomic E-state index is 11.0. The summed E-state index contributed by atoms with van der Waals surface area (Å²) in [7, 11) is 0. The standard InChI is InChI=1S/C11H20O3.2C9H21N/c1-3-5-7-9-11(13)14-10(12)8-6-4-2;2*1-4-7-10(8-5-2)9-6-3/h3-9H2,1-2H3;2*4-9H2,1-3H3. The summed E-state index contributed by atoms with van der Waals surface area (Å²) in [6.45, 7) is 25.2. The number of carbonyl (C=O) groups is 2. The number of esters is 2. The Hall–Kier alpha value is -0.940. The van der Waals surface area contributed by atoms with Gasteiger partial charge in [0, 0.05) is 12.8 Å². The highest BCUT2D eigenvalue weighted by Crippen LogP contribution is 2.03. The molecule has 5 heteroatoms. The molecule has 0 fully saturated rings. The maximum atomic E-state index is 11.0. The Morgan fingerprint density at radius 1 is 0.441 bits per heavy atom. The molecule has 0 aromatic heterocycles. The van der Waals surface area contributed by atoms with Gasteiger partial charge in [0.15, 0.2) is 0 Å². The van der Waals surface area contributed by atoms with Crippen molar-refractivity contribution in [3.63, 3.8) is 0 Å². The lowest BCUT2D eigenvalue weighted by Crippen LogP contribution is -2.26. The van der Waals surface area contributed by atoms with Crippen LogP contribution < -0.4 is 0 Å². The second-order valence-corrected chi connectivity index (χ2v) is 9.09. The van der Waals surface area contributed by atoms with E-state index < -0.39 is 0 Å². The van der Waals surface area contributed by atoms with E-state index in [1.807, 2.05) is 6.92 Å². The summed E-state index contributed by atoms with van der Waals surface area (Å²) in [5, 5.41) is 0. The molecule has 0 rings (SSSR count). The van der Waals surface area contributed by atoms with Gasteiger partial charge in [-0.15, -0.1) is 0 Å². The highest BCUT2D eigenvalue weighted by molar-refractivity contribution is 5.85. The van der Waals surface area contributed by atoms with Crippen molar-refractivity contribution in [1.29, 1.82) is 0 Å². The SMILES string of the molecule is CCCCCC(=O)OC(=O)CCCC.CCCN(CCC)CCC.CCCN(CCC)CCC. The highest BCUT2D eigenvalue weighted by Gasteiger charge is 2.08. The zero-order valence-electron chi connectivity index (χ0n) is 24.6. The van der Waals surface area contributed by atoms with Gasteiger partial charge in [0.2, 0.25) is 0 Å². The van der Waals surface area contributed by atoms with Crippen LogP contribution in [-0.2, 0) is 14.3 Å². The molecule has 0 aliphatic heterocycles. The zero-order valence-corrected chi connectivity index (χ0v) is 24.6. The van der Waals surface area contributed by atoms with Crippen LogP contribution in [0.5, 0.6) is 0 Å². The molecule has 0 aromatic carbocycles. The topological polar surface area (TPSA) is 49.9 Å². The van der Waals surface area contributed by atoms with Crippen LogP contribution in [0, 0.1) is 0 Å². The molecule has 206 valence electrons. The van der Waals surface area contributed by atoms with Crippen molar-refractivity contribution in [3.05, 3.63) is 0 Å². The Morgan fingerprint density at radius 3 is 1.00 bits per heavy atom. The van der Waals surface area contributed by atoms with Gasteiger partial charge in [0.05, 0.1) is 0 Å². The molecule has 0 saturated heterocycles. The quantitative estimate of drug-likeness (QED) is 0.106. The lowest BCUT2D eigenvalue weighted by Gasteiger charge is -2.19. The van der Waals surface area contributed by atoms with Crippen molar-refractivity contribution in [1.82, 2.24) is 9.80 Å². The van der Waals surface area contributed by atoms with Gasteiger partial charge in [-0.05, 0) is 90.6 Å². The van der Waals surface area contributed by atoms with Crippen molar-refractivity contribution in [2.75, 3.05) is 39.3 Å². The van der Waals surface area contributed by atoms with Crippen LogP contribution in [0.1, 0.15) is 139 Å². The van der Waals surface area contributed by atoms with Crippen LogP contribution in [-0.4, -0.2) is 61.0 Å². The number of nitrogens with zero attached hydrogens (tertiary/aromatic N) is 2. The number of carbonyl (C=O) groups excluding carboxylic acids is 2. The second-order valence-electron chi connectivity index (χ2n) is 9.09. The van der Waals surface area contributed by atoms with Crippen molar-refractivity contribution >= 4 is 11.9 Å². The molecule has 0 aromatic rings. The monoisotopic (exact) mass is 486 g/mol. The summed E-state index contributed by atoms with van der Waals surface area (Å²) in [4.78, 5) is 27.1. The first kappa shape index (κ1) is 37.6. The Balaban J connectivity index is -0.000000434. The predicted molar refractivity (Wildman–Crippen MR) is 149 cm³/mol. The molecular weight excluding hydrogens is 424 g/mol. The minimum absolute atomic E-state index is 0.357. The zero-order chi connectivity index (χ0) is 26.5. The molecule has 0 amide bonds. The number of hydrogen-bond acceptors (Lipinski definition) is 5. The number of rotatable bonds is 19. The maximum Gasteiger partial charge on any atom is 0.313 e. The van der Waals surface area contributed by atoms with E-state index in [-0.39, 0.29) is 11.9 Å². The Kier molecular flexibility index (Phi) is 35.5. The molecule has 0 heterocycles. The van der Waals surface area contributed by atoms with E-state index >= 15 is 0 Å². The molecule has 0 bridgehead atoms. The molecule has 0 N–H and O–H groups in total. The molecule has 0 spiro atoms. The minimum atomic E-state index is -0.381. The van der Waals surface area contributed by atoms with Gasteiger partial charge in [0.25, 0.3) is 0 Å². The molecule has 34 heavy (non-hydrogen) atoms. The van der Waals surface area contributed by atoms with E-state index in [0.717, 1.165) is 32.1 Å². The van der Waals surface area contributed by atoms with Gasteiger partial charge in [-0.3, -0.25) is 9.59 Å². The summed E-state index contributed by atoms with van der Waals surface area (Å²) < 4.78 is 4.62. The summed E-state index contributed by atoms with van der Waals surface area (Å²) in [5.41, 5.74) is 0. The molecule has 0 atom stereocenters. The van der Waals surface area contributed by atoms with E-state index in [1.54, 1.807) is 0 Å². The van der Waals surface area contributed by atoms with Gasteiger partial charge in [-0.2, -0.15) is 0 Å². The average Bonchev–Trinajstić information content (AvgIpc) is 2.80. The van der Waals surface area contributed by atoms with Crippen LogP contribution in [0.3, 0.4) is 0 Å². The molecule has 0 radical (unpaired) electrons.